The molecular weight excluding hydrogens is 486 g/mol. The maximum Gasteiger partial charge on any atom is 0.336 e. The number of benzene rings is 1. The van der Waals surface area contributed by atoms with E-state index in [4.69, 9.17) is 13.9 Å². The molecule has 2 aromatic rings. The van der Waals surface area contributed by atoms with E-state index in [9.17, 15) is 14.4 Å². The highest BCUT2D eigenvalue weighted by Gasteiger charge is 2.38. The van der Waals surface area contributed by atoms with Crippen LogP contribution in [0.15, 0.2) is 69.4 Å². The molecule has 0 aliphatic carbocycles. The molecule has 1 aromatic carbocycles. The van der Waals surface area contributed by atoms with Crippen LogP contribution < -0.4 is 10.6 Å². The number of hydrogen-bond acceptors (Lipinski definition) is 8. The van der Waals surface area contributed by atoms with Crippen LogP contribution in [-0.4, -0.2) is 49.0 Å². The minimum atomic E-state index is -0.392. The number of nitrogens with zero attached hydrogens (tertiary/aromatic N) is 1. The van der Waals surface area contributed by atoms with E-state index in [1.165, 1.54) is 0 Å². The predicted octanol–water partition coefficient (Wildman–Crippen LogP) is 3.91. The zero-order chi connectivity index (χ0) is 27.8. The number of dihydropyridines is 1. The Kier molecular flexibility index (Phi) is 9.90. The van der Waals surface area contributed by atoms with Crippen molar-refractivity contribution in [3.8, 4) is 0 Å². The van der Waals surface area contributed by atoms with Crippen LogP contribution in [-0.2, 0) is 30.3 Å². The summed E-state index contributed by atoms with van der Waals surface area (Å²) < 4.78 is 15.6. The number of allylic oxidation sites excluding steroid dienone is 2. The van der Waals surface area contributed by atoms with Crippen molar-refractivity contribution in [3.63, 3.8) is 0 Å². The maximum atomic E-state index is 12.3. The van der Waals surface area contributed by atoms with E-state index < -0.39 is 11.9 Å². The first-order chi connectivity index (χ1) is 18.2. The van der Waals surface area contributed by atoms with Gasteiger partial charge in [-0.05, 0) is 58.7 Å². The monoisotopic (exact) mass is 523 g/mol. The molecule has 9 nitrogen and oxygen atoms in total. The van der Waals surface area contributed by atoms with Crippen LogP contribution in [0.5, 0.6) is 0 Å². The highest BCUT2D eigenvalue weighted by molar-refractivity contribution is 5.96. The van der Waals surface area contributed by atoms with Crippen LogP contribution in [0.4, 0.5) is 0 Å². The molecule has 38 heavy (non-hydrogen) atoms. The molecule has 2 N–H and O–H groups in total. The van der Waals surface area contributed by atoms with E-state index in [-0.39, 0.29) is 24.5 Å². The SMILES string of the molecule is CCOC(=O)C1=C(C)NC(C)=C(C(=O)OCC)C1.Cc1ccc([C@@H]2N[C@H](Cc3ccccc3)C(=O)N2C)o1. The topological polar surface area (TPSA) is 110 Å². The minimum Gasteiger partial charge on any atom is -0.463 e. The molecule has 0 bridgehead atoms. The molecular formula is C29H37N3O6. The largest absolute Gasteiger partial charge is 0.463 e. The first-order valence-electron chi connectivity index (χ1n) is 12.8. The van der Waals surface area contributed by atoms with Gasteiger partial charge >= 0.3 is 11.9 Å². The maximum absolute atomic E-state index is 12.3. The quantitative estimate of drug-likeness (QED) is 0.526. The number of esters is 2. The van der Waals surface area contributed by atoms with Gasteiger partial charge in [0.1, 0.15) is 17.7 Å². The first kappa shape index (κ1) is 28.7. The molecule has 0 saturated carbocycles. The first-order valence-corrected chi connectivity index (χ1v) is 12.8. The van der Waals surface area contributed by atoms with Crippen LogP contribution >= 0.6 is 0 Å². The zero-order valence-corrected chi connectivity index (χ0v) is 22.9. The Morgan fingerprint density at radius 2 is 1.53 bits per heavy atom. The second-order valence-corrected chi connectivity index (χ2v) is 9.16. The lowest BCUT2D eigenvalue weighted by molar-refractivity contribution is -0.139. The highest BCUT2D eigenvalue weighted by atomic mass is 16.5. The van der Waals surface area contributed by atoms with Crippen LogP contribution in [0.1, 0.15) is 57.4 Å². The lowest BCUT2D eigenvalue weighted by Gasteiger charge is -2.22. The van der Waals surface area contributed by atoms with Gasteiger partial charge in [-0.3, -0.25) is 10.1 Å². The molecule has 204 valence electrons. The van der Waals surface area contributed by atoms with Crippen LogP contribution in [0.3, 0.4) is 0 Å². The Bertz CT molecular complexity index is 1180. The van der Waals surface area contributed by atoms with Crippen molar-refractivity contribution in [2.75, 3.05) is 20.3 Å². The Morgan fingerprint density at radius 1 is 0.947 bits per heavy atom. The Balaban J connectivity index is 0.000000212. The lowest BCUT2D eigenvalue weighted by atomic mass is 9.98. The lowest BCUT2D eigenvalue weighted by Crippen LogP contribution is -2.31. The second-order valence-electron chi connectivity index (χ2n) is 9.16. The number of ether oxygens (including phenoxy) is 2. The smallest absolute Gasteiger partial charge is 0.336 e. The molecule has 1 fully saturated rings. The molecule has 1 aromatic heterocycles. The van der Waals surface area contributed by atoms with Crippen molar-refractivity contribution in [3.05, 3.63) is 82.1 Å². The third-order valence-electron chi connectivity index (χ3n) is 6.38. The van der Waals surface area contributed by atoms with Gasteiger partial charge < -0.3 is 24.1 Å². The van der Waals surface area contributed by atoms with Crippen molar-refractivity contribution < 1.29 is 28.3 Å². The summed E-state index contributed by atoms with van der Waals surface area (Å²) in [4.78, 5) is 37.5. The van der Waals surface area contributed by atoms with Gasteiger partial charge in [-0.25, -0.2) is 9.59 Å². The average molecular weight is 524 g/mol. The molecule has 4 rings (SSSR count). The normalized spacial score (nSPS) is 19.1. The average Bonchev–Trinajstić information content (AvgIpc) is 3.43. The number of furan rings is 1. The van der Waals surface area contributed by atoms with Crippen molar-refractivity contribution in [2.24, 2.45) is 0 Å². The Hall–Kier alpha value is -3.85. The third-order valence-corrected chi connectivity index (χ3v) is 6.38. The van der Waals surface area contributed by atoms with Gasteiger partial charge in [0.05, 0.1) is 30.4 Å². The standard InChI is InChI=1S/C16H18N2O2.C13H19NO4/c1-11-8-9-14(20-11)15-17-13(16(19)18(15)2)10-12-6-4-3-5-7-12;1-5-17-12(15)10-7-11(13(16)18-6-2)9(4)14-8(10)3/h3-9,13,15,17H,10H2,1-2H3;14H,5-7H2,1-4H3/t13-,15-;/m1./s1. The number of carbonyl (C=O) groups is 3. The van der Waals surface area contributed by atoms with Crippen LogP contribution in [0.2, 0.25) is 0 Å². The zero-order valence-electron chi connectivity index (χ0n) is 22.9. The fraction of sp³-hybridized carbons (Fsp3) is 0.414. The number of hydrogen-bond donors (Lipinski definition) is 2. The molecule has 0 radical (unpaired) electrons. The number of carbonyl (C=O) groups excluding carboxylic acids is 3. The fourth-order valence-electron chi connectivity index (χ4n) is 4.38. The fourth-order valence-corrected chi connectivity index (χ4v) is 4.38. The second kappa shape index (κ2) is 13.1. The Morgan fingerprint density at radius 3 is 2.03 bits per heavy atom. The summed E-state index contributed by atoms with van der Waals surface area (Å²) in [6.07, 6.45) is 0.771. The number of rotatable bonds is 7. The number of likely N-dealkylation sites (N-methyl/N-ethyl adjacent to an activating group) is 1. The van der Waals surface area contributed by atoms with Gasteiger partial charge in [0, 0.05) is 24.9 Å². The molecule has 0 spiro atoms. The summed E-state index contributed by atoms with van der Waals surface area (Å²) in [6.45, 7) is 9.60. The third kappa shape index (κ3) is 6.92. The Labute approximate surface area is 223 Å². The molecule has 9 heteroatoms. The van der Waals surface area contributed by atoms with E-state index >= 15 is 0 Å². The molecule has 2 aliphatic rings. The minimum absolute atomic E-state index is 0.105. The summed E-state index contributed by atoms with van der Waals surface area (Å²) in [5, 5.41) is 6.37. The van der Waals surface area contributed by atoms with Gasteiger partial charge in [-0.1, -0.05) is 30.3 Å². The summed E-state index contributed by atoms with van der Waals surface area (Å²) in [7, 11) is 1.81. The van der Waals surface area contributed by atoms with E-state index in [2.05, 4.69) is 10.6 Å². The summed E-state index contributed by atoms with van der Waals surface area (Å²) in [5.41, 5.74) is 3.55. The van der Waals surface area contributed by atoms with Gasteiger partial charge in [-0.15, -0.1) is 0 Å². The van der Waals surface area contributed by atoms with Crippen LogP contribution in [0, 0.1) is 6.92 Å². The number of nitrogens with one attached hydrogen (secondary N) is 2. The van der Waals surface area contributed by atoms with E-state index in [1.54, 1.807) is 32.6 Å². The van der Waals surface area contributed by atoms with Crippen molar-refractivity contribution in [2.45, 2.75) is 59.7 Å². The molecule has 2 atom stereocenters. The highest BCUT2D eigenvalue weighted by Crippen LogP contribution is 2.27. The van der Waals surface area contributed by atoms with Crippen LogP contribution in [0.25, 0.3) is 0 Å². The van der Waals surface area contributed by atoms with Crippen molar-refractivity contribution >= 4 is 17.8 Å². The number of aryl methyl sites for hydroxylation is 1. The predicted molar refractivity (Wildman–Crippen MR) is 142 cm³/mol. The van der Waals surface area contributed by atoms with Crippen molar-refractivity contribution in [1.82, 2.24) is 15.5 Å². The molecule has 3 heterocycles. The van der Waals surface area contributed by atoms with Gasteiger partial charge in [0.15, 0.2) is 0 Å². The van der Waals surface area contributed by atoms with Crippen molar-refractivity contribution in [1.29, 1.82) is 0 Å². The van der Waals surface area contributed by atoms with E-state index in [1.807, 2.05) is 56.4 Å². The molecule has 0 unspecified atom stereocenters. The van der Waals surface area contributed by atoms with E-state index in [0.717, 1.165) is 28.5 Å². The van der Waals surface area contributed by atoms with Gasteiger partial charge in [0.25, 0.3) is 0 Å². The molecule has 1 saturated heterocycles. The number of amides is 1. The van der Waals surface area contributed by atoms with Gasteiger partial charge in [-0.2, -0.15) is 0 Å². The molecule has 2 aliphatic heterocycles. The summed E-state index contributed by atoms with van der Waals surface area (Å²) in [5.74, 6) is 0.963. The molecule has 1 amide bonds. The summed E-state index contributed by atoms with van der Waals surface area (Å²) in [6, 6.07) is 13.7. The van der Waals surface area contributed by atoms with E-state index in [0.29, 0.717) is 30.8 Å². The van der Waals surface area contributed by atoms with Gasteiger partial charge in [0.2, 0.25) is 5.91 Å². The summed E-state index contributed by atoms with van der Waals surface area (Å²) >= 11 is 0.